The maximum Gasteiger partial charge on any atom is 0.413 e. The molecule has 1 heterocycles. The molecule has 5 rings (SSSR count). The van der Waals surface area contributed by atoms with Gasteiger partial charge in [0.2, 0.25) is 0 Å². The minimum Gasteiger partial charge on any atom is -0.444 e. The van der Waals surface area contributed by atoms with E-state index in [1.807, 2.05) is 41.1 Å². The number of hydrogen-bond acceptors (Lipinski definition) is 4. The van der Waals surface area contributed by atoms with Crippen LogP contribution >= 0.6 is 0 Å². The number of anilines is 1. The predicted molar refractivity (Wildman–Crippen MR) is 181 cm³/mol. The monoisotopic (exact) mass is 609 g/mol. The van der Waals surface area contributed by atoms with E-state index in [9.17, 15) is 4.79 Å². The number of rotatable bonds is 8. The summed E-state index contributed by atoms with van der Waals surface area (Å²) in [6, 6.07) is 33.5. The average molecular weight is 610 g/mol. The molecule has 6 nitrogen and oxygen atoms in total. The second-order valence-corrected chi connectivity index (χ2v) is 18.2. The van der Waals surface area contributed by atoms with Gasteiger partial charge in [-0.3, -0.25) is 5.32 Å². The van der Waals surface area contributed by atoms with Crippen LogP contribution in [0.5, 0.6) is 0 Å². The van der Waals surface area contributed by atoms with Crippen molar-refractivity contribution in [3.8, 4) is 0 Å². The van der Waals surface area contributed by atoms with Gasteiger partial charge in [-0.05, 0) is 67.4 Å². The van der Waals surface area contributed by atoms with Crippen molar-refractivity contribution in [3.63, 3.8) is 0 Å². The molecular weight excluding hydrogens is 563 g/mol. The second-order valence-electron chi connectivity index (χ2n) is 14.0. The van der Waals surface area contributed by atoms with Gasteiger partial charge in [-0.2, -0.15) is 5.10 Å². The highest BCUT2D eigenvalue weighted by Gasteiger charge is 2.51. The number of carbonyl (C=O) groups is 1. The Hall–Kier alpha value is -3.68. The Morgan fingerprint density at radius 1 is 0.818 bits per heavy atom. The van der Waals surface area contributed by atoms with E-state index in [-0.39, 0.29) is 23.3 Å². The fourth-order valence-electron chi connectivity index (χ4n) is 6.48. The van der Waals surface area contributed by atoms with Crippen molar-refractivity contribution in [1.82, 2.24) is 9.78 Å². The Kier molecular flexibility index (Phi) is 9.47. The SMILES string of the molecule is CC(C)(C)n1nc(C2CCC(O[Si](c3ccccc3)(c3ccccc3)C(C)(C)C)CC2)cc1NC(=O)OCc1ccccc1. The van der Waals surface area contributed by atoms with Gasteiger partial charge < -0.3 is 9.16 Å². The minimum atomic E-state index is -2.60. The molecule has 4 aromatic rings. The van der Waals surface area contributed by atoms with Crippen molar-refractivity contribution in [2.45, 2.75) is 96.4 Å². The third-order valence-electron chi connectivity index (χ3n) is 8.66. The number of aromatic nitrogens is 2. The lowest BCUT2D eigenvalue weighted by Crippen LogP contribution is -2.67. The van der Waals surface area contributed by atoms with Crippen LogP contribution in [-0.2, 0) is 21.3 Å². The summed E-state index contributed by atoms with van der Waals surface area (Å²) in [6.45, 7) is 13.5. The quantitative estimate of drug-likeness (QED) is 0.206. The van der Waals surface area contributed by atoms with Crippen molar-refractivity contribution >= 4 is 30.6 Å². The highest BCUT2D eigenvalue weighted by atomic mass is 28.4. The van der Waals surface area contributed by atoms with Gasteiger partial charge in [0.15, 0.2) is 0 Å². The van der Waals surface area contributed by atoms with E-state index in [4.69, 9.17) is 14.3 Å². The maximum absolute atomic E-state index is 12.8. The summed E-state index contributed by atoms with van der Waals surface area (Å²) >= 11 is 0. The van der Waals surface area contributed by atoms with Crippen LogP contribution in [0.15, 0.2) is 97.1 Å². The molecule has 1 amide bonds. The van der Waals surface area contributed by atoms with Crippen LogP contribution in [0, 0.1) is 0 Å². The normalized spacial score (nSPS) is 17.7. The molecule has 0 atom stereocenters. The van der Waals surface area contributed by atoms with Crippen molar-refractivity contribution in [1.29, 1.82) is 0 Å². The van der Waals surface area contributed by atoms with Crippen molar-refractivity contribution < 1.29 is 14.0 Å². The zero-order chi connectivity index (χ0) is 31.4. The van der Waals surface area contributed by atoms with Crippen LogP contribution in [0.3, 0.4) is 0 Å². The summed E-state index contributed by atoms with van der Waals surface area (Å²) in [4.78, 5) is 12.8. The van der Waals surface area contributed by atoms with Crippen molar-refractivity contribution in [2.24, 2.45) is 0 Å². The van der Waals surface area contributed by atoms with E-state index in [1.165, 1.54) is 10.4 Å². The molecule has 0 radical (unpaired) electrons. The molecule has 0 aliphatic heterocycles. The van der Waals surface area contributed by atoms with E-state index < -0.39 is 14.4 Å². The number of ether oxygens (including phenoxy) is 1. The molecule has 1 N–H and O–H groups in total. The van der Waals surface area contributed by atoms with Gasteiger partial charge in [0.1, 0.15) is 12.4 Å². The van der Waals surface area contributed by atoms with Gasteiger partial charge in [0.25, 0.3) is 8.32 Å². The van der Waals surface area contributed by atoms with Gasteiger partial charge in [0.05, 0.1) is 11.2 Å². The lowest BCUT2D eigenvalue weighted by molar-refractivity contribution is 0.134. The van der Waals surface area contributed by atoms with Gasteiger partial charge in [-0.15, -0.1) is 0 Å². The Bertz CT molecular complexity index is 1460. The number of benzene rings is 3. The molecule has 232 valence electrons. The highest BCUT2D eigenvalue weighted by Crippen LogP contribution is 2.41. The van der Waals surface area contributed by atoms with Crippen LogP contribution < -0.4 is 15.7 Å². The summed E-state index contributed by atoms with van der Waals surface area (Å²) in [7, 11) is -2.60. The first kappa shape index (κ1) is 31.7. The summed E-state index contributed by atoms with van der Waals surface area (Å²) in [5, 5.41) is 10.6. The predicted octanol–water partition coefficient (Wildman–Crippen LogP) is 7.99. The van der Waals surface area contributed by atoms with Gasteiger partial charge >= 0.3 is 6.09 Å². The number of amides is 1. The largest absolute Gasteiger partial charge is 0.444 e. The van der Waals surface area contributed by atoms with Crippen LogP contribution in [0.4, 0.5) is 10.6 Å². The molecule has 44 heavy (non-hydrogen) atoms. The molecule has 1 aliphatic rings. The molecule has 7 heteroatoms. The zero-order valence-corrected chi connectivity index (χ0v) is 28.0. The Labute approximate surface area is 263 Å². The Balaban J connectivity index is 1.32. The smallest absolute Gasteiger partial charge is 0.413 e. The molecule has 1 fully saturated rings. The standard InChI is InChI=1S/C37H47N3O3Si/c1-36(2,3)40-34(38-35(41)42-27-28-16-10-7-11-17-28)26-33(39-40)29-22-24-30(25-23-29)43-44(37(4,5)6,31-18-12-8-13-19-31)32-20-14-9-15-21-32/h7-21,26,29-30H,22-25,27H2,1-6H3,(H,38,41). The summed E-state index contributed by atoms with van der Waals surface area (Å²) in [5.74, 6) is 0.967. The molecule has 0 spiro atoms. The third kappa shape index (κ3) is 7.00. The minimum absolute atomic E-state index is 0.0479. The molecular formula is C37H47N3O3Si. The number of nitrogens with one attached hydrogen (secondary N) is 1. The van der Waals surface area contributed by atoms with E-state index >= 15 is 0 Å². The summed E-state index contributed by atoms with van der Waals surface area (Å²) < 4.78 is 14.9. The zero-order valence-electron chi connectivity index (χ0n) is 27.0. The number of hydrogen-bond donors (Lipinski definition) is 1. The Morgan fingerprint density at radius 2 is 1.34 bits per heavy atom. The first-order chi connectivity index (χ1) is 21.0. The van der Waals surface area contributed by atoms with Crippen LogP contribution in [0.1, 0.15) is 84.4 Å². The lowest BCUT2D eigenvalue weighted by atomic mass is 9.85. The molecule has 1 saturated carbocycles. The third-order valence-corrected chi connectivity index (χ3v) is 13.8. The Morgan fingerprint density at radius 3 is 1.84 bits per heavy atom. The summed E-state index contributed by atoms with van der Waals surface area (Å²) in [5.41, 5.74) is 1.66. The average Bonchev–Trinajstić information content (AvgIpc) is 3.44. The van der Waals surface area contributed by atoms with Crippen LogP contribution in [-0.4, -0.2) is 30.3 Å². The molecule has 1 aliphatic carbocycles. The first-order valence-electron chi connectivity index (χ1n) is 15.8. The van der Waals surface area contributed by atoms with E-state index in [0.29, 0.717) is 11.7 Å². The number of carbonyl (C=O) groups excluding carboxylic acids is 1. The molecule has 3 aromatic carbocycles. The summed E-state index contributed by atoms with van der Waals surface area (Å²) in [6.07, 6.45) is 3.61. The van der Waals surface area contributed by atoms with Crippen molar-refractivity contribution in [2.75, 3.05) is 5.32 Å². The van der Waals surface area contributed by atoms with Gasteiger partial charge in [-0.1, -0.05) is 112 Å². The van der Waals surface area contributed by atoms with E-state index in [2.05, 4.69) is 108 Å². The molecule has 1 aromatic heterocycles. The fraction of sp³-hybridized carbons (Fsp3) is 0.405. The van der Waals surface area contributed by atoms with Crippen LogP contribution in [0.25, 0.3) is 0 Å². The van der Waals surface area contributed by atoms with Gasteiger partial charge in [-0.25, -0.2) is 9.48 Å². The van der Waals surface area contributed by atoms with E-state index in [1.54, 1.807) is 0 Å². The maximum atomic E-state index is 12.8. The van der Waals surface area contributed by atoms with E-state index in [0.717, 1.165) is 36.9 Å². The van der Waals surface area contributed by atoms with Crippen molar-refractivity contribution in [3.05, 3.63) is 108 Å². The second kappa shape index (κ2) is 13.1. The molecule has 0 saturated heterocycles. The topological polar surface area (TPSA) is 65.4 Å². The highest BCUT2D eigenvalue weighted by molar-refractivity contribution is 6.99. The first-order valence-corrected chi connectivity index (χ1v) is 17.8. The fourth-order valence-corrected chi connectivity index (χ4v) is 11.2. The molecule has 0 unspecified atom stereocenters. The van der Waals surface area contributed by atoms with Crippen LogP contribution in [0.2, 0.25) is 5.04 Å². The van der Waals surface area contributed by atoms with Gasteiger partial charge in [0, 0.05) is 18.1 Å². The molecule has 0 bridgehead atoms. The number of nitrogens with zero attached hydrogens (tertiary/aromatic N) is 2. The lowest BCUT2D eigenvalue weighted by Gasteiger charge is -2.46.